The quantitative estimate of drug-likeness (QED) is 0.714. The molecule has 0 saturated carbocycles. The molecule has 0 aliphatic rings. The lowest BCUT2D eigenvalue weighted by Crippen LogP contribution is -2.20. The Balaban J connectivity index is 2.49. The number of hydrogen-bond donors (Lipinski definition) is 0. The Kier molecular flexibility index (Phi) is 6.69. The average molecular weight is 287 g/mol. The molecular weight excluding hydrogens is 268 g/mol. The van der Waals surface area contributed by atoms with Gasteiger partial charge >= 0.3 is 0 Å². The zero-order chi connectivity index (χ0) is 11.8. The van der Waals surface area contributed by atoms with Crippen molar-refractivity contribution in [2.45, 2.75) is 26.1 Å². The SMILES string of the molecule is CCOCC(C)OC(CBr)c1ccccc1. The molecule has 3 heteroatoms. The van der Waals surface area contributed by atoms with Crippen molar-refractivity contribution in [3.8, 4) is 0 Å². The molecule has 0 fully saturated rings. The highest BCUT2D eigenvalue weighted by Crippen LogP contribution is 2.21. The molecule has 16 heavy (non-hydrogen) atoms. The standard InChI is InChI=1S/C13H19BrO2/c1-3-15-10-11(2)16-13(9-14)12-7-5-4-6-8-12/h4-8,11,13H,3,9-10H2,1-2H3. The van der Waals surface area contributed by atoms with Crippen molar-refractivity contribution in [2.24, 2.45) is 0 Å². The van der Waals surface area contributed by atoms with Crippen molar-refractivity contribution >= 4 is 15.9 Å². The van der Waals surface area contributed by atoms with E-state index in [1.165, 1.54) is 5.56 Å². The Morgan fingerprint density at radius 1 is 1.25 bits per heavy atom. The Morgan fingerprint density at radius 2 is 1.94 bits per heavy atom. The van der Waals surface area contributed by atoms with Gasteiger partial charge in [0.2, 0.25) is 0 Å². The van der Waals surface area contributed by atoms with E-state index in [9.17, 15) is 0 Å². The fourth-order valence-electron chi connectivity index (χ4n) is 1.48. The second kappa shape index (κ2) is 7.82. The van der Waals surface area contributed by atoms with Crippen molar-refractivity contribution in [1.29, 1.82) is 0 Å². The van der Waals surface area contributed by atoms with Crippen LogP contribution in [0.1, 0.15) is 25.5 Å². The second-order valence-electron chi connectivity index (χ2n) is 3.66. The highest BCUT2D eigenvalue weighted by molar-refractivity contribution is 9.09. The van der Waals surface area contributed by atoms with E-state index in [1.54, 1.807) is 0 Å². The molecule has 2 nitrogen and oxygen atoms in total. The molecule has 2 unspecified atom stereocenters. The predicted octanol–water partition coefficient (Wildman–Crippen LogP) is 3.56. The predicted molar refractivity (Wildman–Crippen MR) is 70.0 cm³/mol. The van der Waals surface area contributed by atoms with Crippen LogP contribution in [0, 0.1) is 0 Å². The van der Waals surface area contributed by atoms with Gasteiger partial charge in [-0.1, -0.05) is 46.3 Å². The summed E-state index contributed by atoms with van der Waals surface area (Å²) in [4.78, 5) is 0. The van der Waals surface area contributed by atoms with E-state index in [2.05, 4.69) is 28.1 Å². The molecular formula is C13H19BrO2. The molecule has 0 bridgehead atoms. The Bertz CT molecular complexity index is 277. The molecule has 1 aromatic rings. The molecule has 0 aliphatic heterocycles. The third-order valence-corrected chi connectivity index (χ3v) is 2.85. The lowest BCUT2D eigenvalue weighted by molar-refractivity contribution is -0.0383. The topological polar surface area (TPSA) is 18.5 Å². The normalized spacial score (nSPS) is 14.7. The first kappa shape index (κ1) is 13.7. The highest BCUT2D eigenvalue weighted by Gasteiger charge is 2.13. The molecule has 90 valence electrons. The van der Waals surface area contributed by atoms with Gasteiger partial charge in [0.25, 0.3) is 0 Å². The highest BCUT2D eigenvalue weighted by atomic mass is 79.9. The van der Waals surface area contributed by atoms with Crippen LogP contribution >= 0.6 is 15.9 Å². The van der Waals surface area contributed by atoms with Gasteiger partial charge in [0.05, 0.1) is 18.8 Å². The van der Waals surface area contributed by atoms with Crippen LogP contribution in [-0.4, -0.2) is 24.6 Å². The first-order valence-corrected chi connectivity index (χ1v) is 6.74. The van der Waals surface area contributed by atoms with Crippen LogP contribution in [-0.2, 0) is 9.47 Å². The van der Waals surface area contributed by atoms with Crippen LogP contribution in [0.4, 0.5) is 0 Å². The lowest BCUT2D eigenvalue weighted by Gasteiger charge is -2.21. The van der Waals surface area contributed by atoms with Gasteiger partial charge in [0.1, 0.15) is 0 Å². The molecule has 0 heterocycles. The number of benzene rings is 1. The summed E-state index contributed by atoms with van der Waals surface area (Å²) in [6, 6.07) is 10.2. The molecule has 0 N–H and O–H groups in total. The molecule has 0 amide bonds. The van der Waals surface area contributed by atoms with Gasteiger partial charge in [0, 0.05) is 11.9 Å². The van der Waals surface area contributed by atoms with Crippen LogP contribution in [0.25, 0.3) is 0 Å². The molecule has 0 aromatic heterocycles. The summed E-state index contributed by atoms with van der Waals surface area (Å²) in [5.41, 5.74) is 1.20. The maximum Gasteiger partial charge on any atom is 0.0926 e. The summed E-state index contributed by atoms with van der Waals surface area (Å²) in [7, 11) is 0. The zero-order valence-corrected chi connectivity index (χ0v) is 11.4. The van der Waals surface area contributed by atoms with E-state index in [-0.39, 0.29) is 12.2 Å². The molecule has 0 spiro atoms. The minimum absolute atomic E-state index is 0.0941. The van der Waals surface area contributed by atoms with Crippen molar-refractivity contribution in [3.05, 3.63) is 35.9 Å². The minimum Gasteiger partial charge on any atom is -0.379 e. The van der Waals surface area contributed by atoms with Gasteiger partial charge in [-0.3, -0.25) is 0 Å². The molecule has 0 saturated heterocycles. The van der Waals surface area contributed by atoms with E-state index < -0.39 is 0 Å². The van der Waals surface area contributed by atoms with Gasteiger partial charge in [-0.15, -0.1) is 0 Å². The summed E-state index contributed by atoms with van der Waals surface area (Å²) < 4.78 is 11.3. The maximum absolute atomic E-state index is 5.92. The van der Waals surface area contributed by atoms with E-state index in [4.69, 9.17) is 9.47 Å². The van der Waals surface area contributed by atoms with Gasteiger partial charge in [-0.2, -0.15) is 0 Å². The molecule has 0 radical (unpaired) electrons. The fraction of sp³-hybridized carbons (Fsp3) is 0.538. The Hall–Kier alpha value is -0.380. The molecule has 1 rings (SSSR count). The Labute approximate surface area is 106 Å². The first-order valence-electron chi connectivity index (χ1n) is 5.62. The number of hydrogen-bond acceptors (Lipinski definition) is 2. The summed E-state index contributed by atoms with van der Waals surface area (Å²) in [6.45, 7) is 5.41. The minimum atomic E-state index is 0.0941. The third kappa shape index (κ3) is 4.64. The average Bonchev–Trinajstić information content (AvgIpc) is 2.34. The molecule has 2 atom stereocenters. The summed E-state index contributed by atoms with van der Waals surface area (Å²) in [5, 5.41) is 0.799. The van der Waals surface area contributed by atoms with Crippen molar-refractivity contribution in [3.63, 3.8) is 0 Å². The monoisotopic (exact) mass is 286 g/mol. The number of ether oxygens (including phenoxy) is 2. The Morgan fingerprint density at radius 3 is 2.50 bits per heavy atom. The molecule has 0 aliphatic carbocycles. The number of alkyl halides is 1. The largest absolute Gasteiger partial charge is 0.379 e. The van der Waals surface area contributed by atoms with Crippen molar-refractivity contribution in [1.82, 2.24) is 0 Å². The van der Waals surface area contributed by atoms with Crippen LogP contribution in [0.3, 0.4) is 0 Å². The number of rotatable bonds is 7. The summed E-state index contributed by atoms with van der Waals surface area (Å²) >= 11 is 3.48. The third-order valence-electron chi connectivity index (χ3n) is 2.26. The molecule has 1 aromatic carbocycles. The van der Waals surface area contributed by atoms with E-state index in [1.807, 2.05) is 32.0 Å². The van der Waals surface area contributed by atoms with Crippen LogP contribution in [0.5, 0.6) is 0 Å². The van der Waals surface area contributed by atoms with E-state index in [0.717, 1.165) is 11.9 Å². The maximum atomic E-state index is 5.92. The van der Waals surface area contributed by atoms with Crippen LogP contribution in [0.2, 0.25) is 0 Å². The van der Waals surface area contributed by atoms with Crippen molar-refractivity contribution < 1.29 is 9.47 Å². The number of halogens is 1. The summed E-state index contributed by atoms with van der Waals surface area (Å²) in [6.07, 6.45) is 0.208. The zero-order valence-electron chi connectivity index (χ0n) is 9.86. The van der Waals surface area contributed by atoms with Crippen LogP contribution < -0.4 is 0 Å². The van der Waals surface area contributed by atoms with E-state index in [0.29, 0.717) is 6.61 Å². The smallest absolute Gasteiger partial charge is 0.0926 e. The second-order valence-corrected chi connectivity index (χ2v) is 4.31. The van der Waals surface area contributed by atoms with Gasteiger partial charge in [-0.25, -0.2) is 0 Å². The summed E-state index contributed by atoms with van der Waals surface area (Å²) in [5.74, 6) is 0. The lowest BCUT2D eigenvalue weighted by atomic mass is 10.1. The van der Waals surface area contributed by atoms with Gasteiger partial charge in [0.15, 0.2) is 0 Å². The van der Waals surface area contributed by atoms with Gasteiger partial charge < -0.3 is 9.47 Å². The first-order chi connectivity index (χ1) is 7.77. The van der Waals surface area contributed by atoms with Crippen LogP contribution in [0.15, 0.2) is 30.3 Å². The van der Waals surface area contributed by atoms with Gasteiger partial charge in [-0.05, 0) is 19.4 Å². The van der Waals surface area contributed by atoms with Crippen molar-refractivity contribution in [2.75, 3.05) is 18.5 Å². The van der Waals surface area contributed by atoms with E-state index >= 15 is 0 Å². The fourth-order valence-corrected chi connectivity index (χ4v) is 2.00.